The number of rotatable bonds is 5. The highest BCUT2D eigenvalue weighted by molar-refractivity contribution is 5.86. The molecule has 3 aromatic rings. The van der Waals surface area contributed by atoms with Crippen molar-refractivity contribution in [3.8, 4) is 11.3 Å². The Morgan fingerprint density at radius 3 is 2.62 bits per heavy atom. The van der Waals surface area contributed by atoms with Crippen LogP contribution in [0.3, 0.4) is 0 Å². The molecule has 29 heavy (non-hydrogen) atoms. The maximum absolute atomic E-state index is 10.7. The van der Waals surface area contributed by atoms with Gasteiger partial charge in [0.1, 0.15) is 0 Å². The summed E-state index contributed by atoms with van der Waals surface area (Å²) in [6, 6.07) is 17.1. The molecule has 1 fully saturated rings. The Bertz CT molecular complexity index is 999. The first kappa shape index (κ1) is 19.2. The summed E-state index contributed by atoms with van der Waals surface area (Å²) >= 11 is 0. The topological polar surface area (TPSA) is 78.4 Å². The molecule has 1 aliphatic rings. The molecular weight excluding hydrogens is 364 g/mol. The highest BCUT2D eigenvalue weighted by Gasteiger charge is 2.25. The van der Waals surface area contributed by atoms with Gasteiger partial charge in [-0.1, -0.05) is 36.4 Å². The summed E-state index contributed by atoms with van der Waals surface area (Å²) in [5.74, 6) is 1.16. The maximum Gasteiger partial charge on any atom is 0.404 e. The van der Waals surface area contributed by atoms with Gasteiger partial charge in [0.25, 0.3) is 0 Å². The van der Waals surface area contributed by atoms with E-state index in [4.69, 9.17) is 10.1 Å². The minimum atomic E-state index is -0.942. The summed E-state index contributed by atoms with van der Waals surface area (Å²) in [4.78, 5) is 22.2. The lowest BCUT2D eigenvalue weighted by Crippen LogP contribution is -2.38. The average Bonchev–Trinajstić information content (AvgIpc) is 2.77. The third kappa shape index (κ3) is 4.47. The Morgan fingerprint density at radius 2 is 1.86 bits per heavy atom. The molecule has 1 heterocycles. The van der Waals surface area contributed by atoms with Crippen molar-refractivity contribution >= 4 is 22.8 Å². The van der Waals surface area contributed by atoms with Crippen LogP contribution in [0.25, 0.3) is 22.0 Å². The van der Waals surface area contributed by atoms with Crippen LogP contribution in [0.2, 0.25) is 0 Å². The standard InChI is InChI=1S/C23H26N4O2/c1-27(20-10-6-16(7-11-20)15-25-23(28)29)22-24-13-12-21(26-22)19-9-8-17-4-2-3-5-18(17)14-19/h2-5,8-9,12-14,16,20,25H,6-7,10-11,15H2,1H3,(H,28,29). The van der Waals surface area contributed by atoms with E-state index in [1.807, 2.05) is 24.4 Å². The smallest absolute Gasteiger partial charge is 0.404 e. The number of aromatic nitrogens is 2. The lowest BCUT2D eigenvalue weighted by atomic mass is 9.85. The molecular formula is C23H26N4O2. The van der Waals surface area contributed by atoms with Crippen molar-refractivity contribution in [3.63, 3.8) is 0 Å². The fourth-order valence-electron chi connectivity index (χ4n) is 4.16. The van der Waals surface area contributed by atoms with E-state index < -0.39 is 6.09 Å². The second-order valence-corrected chi connectivity index (χ2v) is 7.78. The predicted molar refractivity (Wildman–Crippen MR) is 115 cm³/mol. The lowest BCUT2D eigenvalue weighted by molar-refractivity contribution is 0.189. The van der Waals surface area contributed by atoms with Crippen LogP contribution in [0.4, 0.5) is 10.7 Å². The molecule has 0 saturated heterocycles. The fraction of sp³-hybridized carbons (Fsp3) is 0.348. The van der Waals surface area contributed by atoms with Crippen LogP contribution in [-0.4, -0.2) is 40.8 Å². The molecule has 0 aliphatic heterocycles. The third-order valence-electron chi connectivity index (χ3n) is 5.91. The number of hydrogen-bond acceptors (Lipinski definition) is 4. The van der Waals surface area contributed by atoms with Gasteiger partial charge < -0.3 is 15.3 Å². The summed E-state index contributed by atoms with van der Waals surface area (Å²) in [6.07, 6.45) is 4.95. The van der Waals surface area contributed by atoms with E-state index in [0.717, 1.165) is 42.9 Å². The van der Waals surface area contributed by atoms with Gasteiger partial charge in [0.05, 0.1) is 5.69 Å². The van der Waals surface area contributed by atoms with E-state index in [2.05, 4.69) is 52.6 Å². The van der Waals surface area contributed by atoms with E-state index in [1.165, 1.54) is 10.8 Å². The van der Waals surface area contributed by atoms with Gasteiger partial charge in [0.15, 0.2) is 0 Å². The van der Waals surface area contributed by atoms with Crippen LogP contribution in [0.5, 0.6) is 0 Å². The normalized spacial score (nSPS) is 19.1. The van der Waals surface area contributed by atoms with Gasteiger partial charge in [0, 0.05) is 31.4 Å². The highest BCUT2D eigenvalue weighted by atomic mass is 16.4. The summed E-state index contributed by atoms with van der Waals surface area (Å²) in [5, 5.41) is 13.7. The van der Waals surface area contributed by atoms with Gasteiger partial charge in [-0.2, -0.15) is 0 Å². The van der Waals surface area contributed by atoms with E-state index >= 15 is 0 Å². The Morgan fingerprint density at radius 1 is 1.10 bits per heavy atom. The number of benzene rings is 2. The minimum absolute atomic E-state index is 0.378. The van der Waals surface area contributed by atoms with Gasteiger partial charge >= 0.3 is 6.09 Å². The Labute approximate surface area is 170 Å². The predicted octanol–water partition coefficient (Wildman–Crippen LogP) is 4.56. The van der Waals surface area contributed by atoms with Gasteiger partial charge in [0.2, 0.25) is 5.95 Å². The van der Waals surface area contributed by atoms with E-state index in [1.54, 1.807) is 0 Å². The number of hydrogen-bond donors (Lipinski definition) is 2. The Hall–Kier alpha value is -3.15. The summed E-state index contributed by atoms with van der Waals surface area (Å²) in [5.41, 5.74) is 2.01. The number of carboxylic acid groups (broad SMARTS) is 1. The summed E-state index contributed by atoms with van der Waals surface area (Å²) < 4.78 is 0. The molecule has 6 heteroatoms. The summed E-state index contributed by atoms with van der Waals surface area (Å²) in [6.45, 7) is 0.541. The SMILES string of the molecule is CN(c1nccc(-c2ccc3ccccc3c2)n1)C1CCC(CNC(=O)O)CC1. The summed E-state index contributed by atoms with van der Waals surface area (Å²) in [7, 11) is 2.06. The number of nitrogens with zero attached hydrogens (tertiary/aromatic N) is 3. The van der Waals surface area contributed by atoms with Gasteiger partial charge in [-0.25, -0.2) is 14.8 Å². The van der Waals surface area contributed by atoms with Gasteiger partial charge in [-0.3, -0.25) is 0 Å². The van der Waals surface area contributed by atoms with Gasteiger partial charge in [-0.05, 0) is 54.5 Å². The van der Waals surface area contributed by atoms with E-state index in [0.29, 0.717) is 18.5 Å². The van der Waals surface area contributed by atoms with Crippen LogP contribution < -0.4 is 10.2 Å². The number of carbonyl (C=O) groups is 1. The molecule has 2 aromatic carbocycles. The van der Waals surface area contributed by atoms with Crippen molar-refractivity contribution in [1.82, 2.24) is 15.3 Å². The number of anilines is 1. The fourth-order valence-corrected chi connectivity index (χ4v) is 4.16. The van der Waals surface area contributed by atoms with Crippen LogP contribution >= 0.6 is 0 Å². The Balaban J connectivity index is 1.46. The first-order valence-corrected chi connectivity index (χ1v) is 10.1. The van der Waals surface area contributed by atoms with Crippen LogP contribution in [-0.2, 0) is 0 Å². The van der Waals surface area contributed by atoms with Crippen LogP contribution in [0.1, 0.15) is 25.7 Å². The van der Waals surface area contributed by atoms with E-state index in [9.17, 15) is 4.79 Å². The molecule has 4 rings (SSSR count). The number of nitrogens with one attached hydrogen (secondary N) is 1. The maximum atomic E-state index is 10.7. The zero-order valence-corrected chi connectivity index (χ0v) is 16.6. The molecule has 0 unspecified atom stereocenters. The van der Waals surface area contributed by atoms with Crippen molar-refractivity contribution in [3.05, 3.63) is 54.7 Å². The second kappa shape index (κ2) is 8.47. The Kier molecular flexibility index (Phi) is 5.60. The largest absolute Gasteiger partial charge is 0.465 e. The van der Waals surface area contributed by atoms with E-state index in [-0.39, 0.29) is 0 Å². The molecule has 1 amide bonds. The zero-order chi connectivity index (χ0) is 20.2. The minimum Gasteiger partial charge on any atom is -0.465 e. The highest BCUT2D eigenvalue weighted by Crippen LogP contribution is 2.29. The molecule has 0 spiro atoms. The van der Waals surface area contributed by atoms with Crippen molar-refractivity contribution < 1.29 is 9.90 Å². The number of amides is 1. The first-order valence-electron chi connectivity index (χ1n) is 10.1. The molecule has 1 aliphatic carbocycles. The first-order chi connectivity index (χ1) is 14.1. The second-order valence-electron chi connectivity index (χ2n) is 7.78. The molecule has 1 aromatic heterocycles. The van der Waals surface area contributed by atoms with Gasteiger partial charge in [-0.15, -0.1) is 0 Å². The molecule has 6 nitrogen and oxygen atoms in total. The van der Waals surface area contributed by atoms with Crippen molar-refractivity contribution in [1.29, 1.82) is 0 Å². The van der Waals surface area contributed by atoms with Crippen molar-refractivity contribution in [2.75, 3.05) is 18.5 Å². The third-order valence-corrected chi connectivity index (χ3v) is 5.91. The van der Waals surface area contributed by atoms with Crippen molar-refractivity contribution in [2.45, 2.75) is 31.7 Å². The average molecular weight is 390 g/mol. The molecule has 0 bridgehead atoms. The van der Waals surface area contributed by atoms with Crippen LogP contribution in [0, 0.1) is 5.92 Å². The lowest BCUT2D eigenvalue weighted by Gasteiger charge is -2.34. The molecule has 1 saturated carbocycles. The molecule has 0 atom stereocenters. The molecule has 150 valence electrons. The molecule has 0 radical (unpaired) electrons. The van der Waals surface area contributed by atoms with Crippen LogP contribution in [0.15, 0.2) is 54.7 Å². The monoisotopic (exact) mass is 390 g/mol. The van der Waals surface area contributed by atoms with Crippen molar-refractivity contribution in [2.24, 2.45) is 5.92 Å². The number of fused-ring (bicyclic) bond motifs is 1. The zero-order valence-electron chi connectivity index (χ0n) is 16.6. The molecule has 2 N–H and O–H groups in total. The quantitative estimate of drug-likeness (QED) is 0.668.